The predicted molar refractivity (Wildman–Crippen MR) is 89.2 cm³/mol. The van der Waals surface area contributed by atoms with Gasteiger partial charge in [0.2, 0.25) is 0 Å². The fourth-order valence-corrected chi connectivity index (χ4v) is 2.64. The van der Waals surface area contributed by atoms with Crippen molar-refractivity contribution in [2.45, 2.75) is 25.3 Å². The summed E-state index contributed by atoms with van der Waals surface area (Å²) in [7, 11) is 6.33. The van der Waals surface area contributed by atoms with E-state index in [2.05, 4.69) is 54.5 Å². The number of likely N-dealkylation sites (N-methyl/N-ethyl adjacent to an activating group) is 1. The van der Waals surface area contributed by atoms with Gasteiger partial charge in [-0.15, -0.1) is 0 Å². The Labute approximate surface area is 129 Å². The van der Waals surface area contributed by atoms with E-state index in [1.807, 2.05) is 6.07 Å². The zero-order valence-corrected chi connectivity index (χ0v) is 13.6. The van der Waals surface area contributed by atoms with Gasteiger partial charge in [0.15, 0.2) is 0 Å². The van der Waals surface area contributed by atoms with Gasteiger partial charge in [0.25, 0.3) is 0 Å². The van der Waals surface area contributed by atoms with Crippen LogP contribution in [-0.4, -0.2) is 63.2 Å². The van der Waals surface area contributed by atoms with Crippen molar-refractivity contribution < 1.29 is 4.74 Å². The molecule has 0 saturated carbocycles. The highest BCUT2D eigenvalue weighted by molar-refractivity contribution is 5.48. The highest BCUT2D eigenvalue weighted by Gasteiger charge is 2.14. The Kier molecular flexibility index (Phi) is 6.33. The van der Waals surface area contributed by atoms with E-state index in [1.54, 1.807) is 0 Å². The number of rotatable bonds is 6. The molecular weight excluding hydrogens is 262 g/mol. The quantitative estimate of drug-likeness (QED) is 0.871. The lowest BCUT2D eigenvalue weighted by Crippen LogP contribution is -2.23. The summed E-state index contributed by atoms with van der Waals surface area (Å²) in [5.74, 6) is 0.951. The molecule has 0 radical (unpaired) electrons. The lowest BCUT2D eigenvalue weighted by molar-refractivity contribution is 0.261. The molecule has 1 saturated heterocycles. The number of ether oxygens (including phenoxy) is 1. The van der Waals surface area contributed by atoms with Crippen molar-refractivity contribution >= 4 is 5.69 Å². The molecule has 1 unspecified atom stereocenters. The summed E-state index contributed by atoms with van der Waals surface area (Å²) in [6.07, 6.45) is 3.73. The van der Waals surface area contributed by atoms with Gasteiger partial charge >= 0.3 is 0 Å². The van der Waals surface area contributed by atoms with E-state index in [9.17, 15) is 0 Å². The van der Waals surface area contributed by atoms with E-state index in [4.69, 9.17) is 4.74 Å². The van der Waals surface area contributed by atoms with Gasteiger partial charge in [-0.05, 0) is 65.6 Å². The Bertz CT molecular complexity index is 422. The van der Waals surface area contributed by atoms with Crippen LogP contribution in [0.25, 0.3) is 0 Å². The lowest BCUT2D eigenvalue weighted by Gasteiger charge is -2.19. The van der Waals surface area contributed by atoms with Gasteiger partial charge in [-0.1, -0.05) is 6.07 Å². The minimum Gasteiger partial charge on any atom is -0.492 e. The first-order valence-electron chi connectivity index (χ1n) is 7.96. The van der Waals surface area contributed by atoms with Crippen LogP contribution >= 0.6 is 0 Å². The Morgan fingerprint density at radius 1 is 1.29 bits per heavy atom. The first kappa shape index (κ1) is 16.1. The number of hydrogen-bond donors (Lipinski definition) is 1. The topological polar surface area (TPSA) is 27.7 Å². The van der Waals surface area contributed by atoms with Gasteiger partial charge in [0.05, 0.1) is 0 Å². The Balaban J connectivity index is 1.85. The molecular formula is C17H29N3O. The molecule has 118 valence electrons. The van der Waals surface area contributed by atoms with Gasteiger partial charge in [0, 0.05) is 24.3 Å². The molecule has 1 atom stereocenters. The van der Waals surface area contributed by atoms with Gasteiger partial charge in [-0.3, -0.25) is 0 Å². The molecule has 0 aliphatic carbocycles. The Hall–Kier alpha value is -1.26. The molecule has 0 spiro atoms. The number of nitrogens with one attached hydrogen (secondary N) is 1. The second-order valence-electron chi connectivity index (χ2n) is 6.26. The van der Waals surface area contributed by atoms with E-state index in [0.29, 0.717) is 6.04 Å². The van der Waals surface area contributed by atoms with Crippen LogP contribution in [-0.2, 0) is 0 Å². The molecule has 2 rings (SSSR count). The Morgan fingerprint density at radius 3 is 2.95 bits per heavy atom. The maximum absolute atomic E-state index is 5.80. The third kappa shape index (κ3) is 5.94. The molecule has 1 N–H and O–H groups in total. The summed E-state index contributed by atoms with van der Waals surface area (Å²) in [4.78, 5) is 4.55. The first-order valence-corrected chi connectivity index (χ1v) is 7.96. The standard InChI is InChI=1S/C17H29N3O/c1-19(2)12-13-21-17-8-4-6-16(14-17)18-15-7-5-10-20(3)11-9-15/h4,6,8,14-15,18H,5,7,9-13H2,1-3H3. The minimum atomic E-state index is 0.576. The third-order valence-electron chi connectivity index (χ3n) is 3.96. The van der Waals surface area contributed by atoms with Gasteiger partial charge in [-0.2, -0.15) is 0 Å². The molecule has 1 aromatic carbocycles. The lowest BCUT2D eigenvalue weighted by atomic mass is 10.1. The summed E-state index contributed by atoms with van der Waals surface area (Å²) in [6.45, 7) is 4.06. The third-order valence-corrected chi connectivity index (χ3v) is 3.96. The van der Waals surface area contributed by atoms with Crippen LogP contribution in [0, 0.1) is 0 Å². The molecule has 1 aliphatic heterocycles. The summed E-state index contributed by atoms with van der Waals surface area (Å²) >= 11 is 0. The summed E-state index contributed by atoms with van der Waals surface area (Å²) in [6, 6.07) is 8.92. The highest BCUT2D eigenvalue weighted by atomic mass is 16.5. The summed E-state index contributed by atoms with van der Waals surface area (Å²) in [5.41, 5.74) is 1.17. The van der Waals surface area contributed by atoms with Crippen molar-refractivity contribution in [1.29, 1.82) is 0 Å². The van der Waals surface area contributed by atoms with Crippen LogP contribution < -0.4 is 10.1 Å². The molecule has 1 aliphatic rings. The van der Waals surface area contributed by atoms with Gasteiger partial charge in [-0.25, -0.2) is 0 Å². The predicted octanol–water partition coefficient (Wildman–Crippen LogP) is 2.52. The van der Waals surface area contributed by atoms with E-state index in [1.165, 1.54) is 38.0 Å². The zero-order chi connectivity index (χ0) is 15.1. The molecule has 1 heterocycles. The van der Waals surface area contributed by atoms with Crippen LogP contribution in [0.4, 0.5) is 5.69 Å². The molecule has 0 amide bonds. The molecule has 0 bridgehead atoms. The molecule has 1 aromatic rings. The normalized spacial score (nSPS) is 20.3. The first-order chi connectivity index (χ1) is 10.1. The van der Waals surface area contributed by atoms with Crippen molar-refractivity contribution in [3.63, 3.8) is 0 Å². The Morgan fingerprint density at radius 2 is 2.14 bits per heavy atom. The minimum absolute atomic E-state index is 0.576. The molecule has 4 heteroatoms. The molecule has 1 fully saturated rings. The SMILES string of the molecule is CN(C)CCOc1cccc(NC2CCCN(C)CC2)c1. The van der Waals surface area contributed by atoms with Crippen molar-refractivity contribution in [3.05, 3.63) is 24.3 Å². The largest absolute Gasteiger partial charge is 0.492 e. The van der Waals surface area contributed by atoms with Crippen molar-refractivity contribution in [1.82, 2.24) is 9.80 Å². The maximum Gasteiger partial charge on any atom is 0.121 e. The fourth-order valence-electron chi connectivity index (χ4n) is 2.64. The van der Waals surface area contributed by atoms with Crippen molar-refractivity contribution in [2.24, 2.45) is 0 Å². The average molecular weight is 291 g/mol. The van der Waals surface area contributed by atoms with Crippen LogP contribution in [0.3, 0.4) is 0 Å². The number of nitrogens with zero attached hydrogens (tertiary/aromatic N) is 2. The maximum atomic E-state index is 5.80. The van der Waals surface area contributed by atoms with Gasteiger partial charge in [0.1, 0.15) is 12.4 Å². The smallest absolute Gasteiger partial charge is 0.121 e. The second-order valence-corrected chi connectivity index (χ2v) is 6.26. The number of hydrogen-bond acceptors (Lipinski definition) is 4. The number of benzene rings is 1. The summed E-state index contributed by atoms with van der Waals surface area (Å²) < 4.78 is 5.80. The second kappa shape index (κ2) is 8.25. The van der Waals surface area contributed by atoms with Crippen molar-refractivity contribution in [2.75, 3.05) is 52.7 Å². The van der Waals surface area contributed by atoms with Gasteiger partial charge < -0.3 is 19.9 Å². The summed E-state index contributed by atoms with van der Waals surface area (Å²) in [5, 5.41) is 3.66. The number of anilines is 1. The fraction of sp³-hybridized carbons (Fsp3) is 0.647. The highest BCUT2D eigenvalue weighted by Crippen LogP contribution is 2.21. The van der Waals surface area contributed by atoms with E-state index >= 15 is 0 Å². The van der Waals surface area contributed by atoms with Crippen LogP contribution in [0.2, 0.25) is 0 Å². The van der Waals surface area contributed by atoms with E-state index in [-0.39, 0.29) is 0 Å². The monoisotopic (exact) mass is 291 g/mol. The van der Waals surface area contributed by atoms with E-state index < -0.39 is 0 Å². The van der Waals surface area contributed by atoms with Crippen molar-refractivity contribution in [3.8, 4) is 5.75 Å². The molecule has 4 nitrogen and oxygen atoms in total. The van der Waals surface area contributed by atoms with Crippen LogP contribution in [0.15, 0.2) is 24.3 Å². The number of likely N-dealkylation sites (tertiary alicyclic amines) is 1. The van der Waals surface area contributed by atoms with Crippen LogP contribution in [0.5, 0.6) is 5.75 Å². The average Bonchev–Trinajstić information content (AvgIpc) is 2.64. The molecule has 21 heavy (non-hydrogen) atoms. The molecule has 0 aromatic heterocycles. The van der Waals surface area contributed by atoms with Crippen LogP contribution in [0.1, 0.15) is 19.3 Å². The van der Waals surface area contributed by atoms with E-state index in [0.717, 1.165) is 18.9 Å². The zero-order valence-electron chi connectivity index (χ0n) is 13.6.